The highest BCUT2D eigenvalue weighted by atomic mass is 32.2. The highest BCUT2D eigenvalue weighted by molar-refractivity contribution is 7.89. The summed E-state index contributed by atoms with van der Waals surface area (Å²) in [6.45, 7) is 2.20. The monoisotopic (exact) mass is 324 g/mol. The molecular formula is C14H16N2O3S2. The van der Waals surface area contributed by atoms with Gasteiger partial charge in [0.05, 0.1) is 11.4 Å². The maximum atomic E-state index is 12.2. The van der Waals surface area contributed by atoms with Gasteiger partial charge in [-0.15, -0.1) is 11.3 Å². The van der Waals surface area contributed by atoms with Crippen LogP contribution in [0.2, 0.25) is 0 Å². The predicted octanol–water partition coefficient (Wildman–Crippen LogP) is 1.89. The fourth-order valence-corrected chi connectivity index (χ4v) is 3.21. The van der Waals surface area contributed by atoms with Gasteiger partial charge in [-0.1, -0.05) is 12.1 Å². The quantitative estimate of drug-likeness (QED) is 0.882. The van der Waals surface area contributed by atoms with Crippen LogP contribution in [0.1, 0.15) is 20.8 Å². The van der Waals surface area contributed by atoms with Crippen molar-refractivity contribution in [1.82, 2.24) is 10.0 Å². The van der Waals surface area contributed by atoms with Crippen LogP contribution in [0.4, 0.5) is 0 Å². The van der Waals surface area contributed by atoms with Gasteiger partial charge in [0, 0.05) is 10.4 Å². The van der Waals surface area contributed by atoms with Crippen LogP contribution in [0.15, 0.2) is 40.6 Å². The average molecular weight is 324 g/mol. The maximum Gasteiger partial charge on any atom is 0.251 e. The van der Waals surface area contributed by atoms with Crippen molar-refractivity contribution < 1.29 is 13.2 Å². The van der Waals surface area contributed by atoms with Crippen molar-refractivity contribution in [2.45, 2.75) is 18.4 Å². The Morgan fingerprint density at radius 3 is 2.67 bits per heavy atom. The van der Waals surface area contributed by atoms with E-state index in [1.807, 2.05) is 17.5 Å². The van der Waals surface area contributed by atoms with Gasteiger partial charge in [0.2, 0.25) is 10.0 Å². The van der Waals surface area contributed by atoms with Crippen LogP contribution < -0.4 is 10.0 Å². The minimum Gasteiger partial charge on any atom is -0.347 e. The Morgan fingerprint density at radius 2 is 2.05 bits per heavy atom. The van der Waals surface area contributed by atoms with Crippen LogP contribution in [0.5, 0.6) is 0 Å². The van der Waals surface area contributed by atoms with Crippen LogP contribution in [0.25, 0.3) is 0 Å². The molecule has 1 aromatic carbocycles. The first-order valence-corrected chi connectivity index (χ1v) is 8.65. The zero-order chi connectivity index (χ0) is 15.5. The molecule has 0 aliphatic heterocycles. The molecule has 0 aliphatic carbocycles. The van der Waals surface area contributed by atoms with E-state index in [0.717, 1.165) is 10.4 Å². The van der Waals surface area contributed by atoms with E-state index in [-0.39, 0.29) is 10.8 Å². The number of carbonyl (C=O) groups excluding carboxylic acids is 1. The van der Waals surface area contributed by atoms with Crippen LogP contribution in [0, 0.1) is 6.92 Å². The number of nitrogens with one attached hydrogen (secondary N) is 2. The first-order chi connectivity index (χ1) is 9.94. The molecule has 2 N–H and O–H groups in total. The topological polar surface area (TPSA) is 75.3 Å². The third-order valence-electron chi connectivity index (χ3n) is 3.04. The third kappa shape index (κ3) is 3.69. The molecule has 21 heavy (non-hydrogen) atoms. The Morgan fingerprint density at radius 1 is 1.29 bits per heavy atom. The molecule has 0 saturated heterocycles. The number of sulfonamides is 1. The second-order valence-electron chi connectivity index (χ2n) is 4.45. The third-order valence-corrected chi connectivity index (χ3v) is 5.32. The van der Waals surface area contributed by atoms with E-state index in [0.29, 0.717) is 12.1 Å². The Bertz CT molecular complexity index is 738. The van der Waals surface area contributed by atoms with Gasteiger partial charge in [-0.25, -0.2) is 13.1 Å². The van der Waals surface area contributed by atoms with Crippen molar-refractivity contribution >= 4 is 27.3 Å². The number of amides is 1. The van der Waals surface area contributed by atoms with Crippen molar-refractivity contribution in [3.8, 4) is 0 Å². The Hall–Kier alpha value is -1.70. The average Bonchev–Trinajstić information content (AvgIpc) is 2.98. The van der Waals surface area contributed by atoms with Gasteiger partial charge < -0.3 is 5.32 Å². The molecule has 0 spiro atoms. The molecule has 2 aromatic rings. The number of thiophene rings is 1. The summed E-state index contributed by atoms with van der Waals surface area (Å²) >= 11 is 1.55. The van der Waals surface area contributed by atoms with Gasteiger partial charge in [0.25, 0.3) is 5.91 Å². The summed E-state index contributed by atoms with van der Waals surface area (Å²) in [7, 11) is -2.22. The number of carbonyl (C=O) groups is 1. The summed E-state index contributed by atoms with van der Waals surface area (Å²) in [6, 6.07) is 8.35. The van der Waals surface area contributed by atoms with Gasteiger partial charge >= 0.3 is 0 Å². The number of hydrogen-bond donors (Lipinski definition) is 2. The van der Waals surface area contributed by atoms with Crippen LogP contribution in [-0.2, 0) is 16.6 Å². The molecule has 0 aliphatic rings. The molecule has 112 valence electrons. The highest BCUT2D eigenvalue weighted by Crippen LogP contribution is 2.16. The first-order valence-electron chi connectivity index (χ1n) is 6.29. The lowest BCUT2D eigenvalue weighted by molar-refractivity contribution is 0.0950. The Balaban J connectivity index is 2.22. The molecule has 0 saturated carbocycles. The predicted molar refractivity (Wildman–Crippen MR) is 82.9 cm³/mol. The lowest BCUT2D eigenvalue weighted by Crippen LogP contribution is -2.24. The van der Waals surface area contributed by atoms with Gasteiger partial charge in [0.1, 0.15) is 0 Å². The highest BCUT2D eigenvalue weighted by Gasteiger charge is 2.16. The molecule has 2 rings (SSSR count). The fraction of sp³-hybridized carbons (Fsp3) is 0.214. The second kappa shape index (κ2) is 6.38. The normalized spacial score (nSPS) is 11.3. The molecule has 0 radical (unpaired) electrons. The van der Waals surface area contributed by atoms with E-state index in [9.17, 15) is 13.2 Å². The summed E-state index contributed by atoms with van der Waals surface area (Å²) < 4.78 is 25.8. The standard InChI is InChI=1S/C14H16N2O3S2/c1-10-5-6-12(21(18,19)15-2)8-13(10)14(17)16-9-11-4-3-7-20-11/h3-8,15H,9H2,1-2H3,(H,16,17). The number of benzene rings is 1. The smallest absolute Gasteiger partial charge is 0.251 e. The summed E-state index contributed by atoms with van der Waals surface area (Å²) in [6.07, 6.45) is 0. The molecule has 0 fully saturated rings. The minimum atomic E-state index is -3.56. The molecule has 0 unspecified atom stereocenters. The number of rotatable bonds is 5. The molecule has 0 atom stereocenters. The van der Waals surface area contributed by atoms with E-state index in [1.54, 1.807) is 24.3 Å². The molecule has 1 heterocycles. The summed E-state index contributed by atoms with van der Waals surface area (Å²) in [5.41, 5.74) is 1.09. The first kappa shape index (κ1) is 15.7. The van der Waals surface area contributed by atoms with E-state index in [1.165, 1.54) is 19.2 Å². The lowest BCUT2D eigenvalue weighted by atomic mass is 10.1. The number of aryl methyl sites for hydroxylation is 1. The second-order valence-corrected chi connectivity index (χ2v) is 7.37. The van der Waals surface area contributed by atoms with Crippen LogP contribution in [0.3, 0.4) is 0 Å². The molecule has 7 heteroatoms. The Kier molecular flexibility index (Phi) is 4.76. The minimum absolute atomic E-state index is 0.0804. The van der Waals surface area contributed by atoms with Gasteiger partial charge in [-0.3, -0.25) is 4.79 Å². The molecule has 5 nitrogen and oxygen atoms in total. The number of hydrogen-bond acceptors (Lipinski definition) is 4. The fourth-order valence-electron chi connectivity index (χ4n) is 1.81. The molecule has 1 amide bonds. The largest absolute Gasteiger partial charge is 0.347 e. The summed E-state index contributed by atoms with van der Waals surface area (Å²) in [5, 5.41) is 4.73. The SMILES string of the molecule is CNS(=O)(=O)c1ccc(C)c(C(=O)NCc2cccs2)c1. The summed E-state index contributed by atoms with van der Waals surface area (Å²) in [4.78, 5) is 13.3. The van der Waals surface area contributed by atoms with Gasteiger partial charge in [-0.05, 0) is 43.1 Å². The lowest BCUT2D eigenvalue weighted by Gasteiger charge is -2.09. The Labute approximate surface area is 128 Å². The summed E-state index contributed by atoms with van der Waals surface area (Å²) in [5.74, 6) is -0.283. The zero-order valence-electron chi connectivity index (χ0n) is 11.7. The van der Waals surface area contributed by atoms with Crippen molar-refractivity contribution in [2.24, 2.45) is 0 Å². The molecular weight excluding hydrogens is 308 g/mol. The van der Waals surface area contributed by atoms with Crippen LogP contribution in [-0.4, -0.2) is 21.4 Å². The van der Waals surface area contributed by atoms with Crippen molar-refractivity contribution in [1.29, 1.82) is 0 Å². The zero-order valence-corrected chi connectivity index (χ0v) is 13.3. The molecule has 1 aromatic heterocycles. The molecule has 0 bridgehead atoms. The van der Waals surface area contributed by atoms with E-state index in [4.69, 9.17) is 0 Å². The van der Waals surface area contributed by atoms with E-state index >= 15 is 0 Å². The van der Waals surface area contributed by atoms with Crippen molar-refractivity contribution in [3.05, 3.63) is 51.7 Å². The van der Waals surface area contributed by atoms with Crippen LogP contribution >= 0.6 is 11.3 Å². The maximum absolute atomic E-state index is 12.2. The van der Waals surface area contributed by atoms with Crippen molar-refractivity contribution in [2.75, 3.05) is 7.05 Å². The van der Waals surface area contributed by atoms with E-state index < -0.39 is 10.0 Å². The van der Waals surface area contributed by atoms with Crippen molar-refractivity contribution in [3.63, 3.8) is 0 Å². The van der Waals surface area contributed by atoms with E-state index in [2.05, 4.69) is 10.0 Å². The van der Waals surface area contributed by atoms with Gasteiger partial charge in [-0.2, -0.15) is 0 Å². The van der Waals surface area contributed by atoms with Gasteiger partial charge in [0.15, 0.2) is 0 Å².